The molecule has 1 aliphatic carbocycles. The van der Waals surface area contributed by atoms with Gasteiger partial charge in [-0.2, -0.15) is 0 Å². The average molecular weight is 152 g/mol. The lowest BCUT2D eigenvalue weighted by Gasteiger charge is -2.25. The first-order valence-corrected chi connectivity index (χ1v) is 3.46. The van der Waals surface area contributed by atoms with Gasteiger partial charge >= 0.3 is 0 Å². The molecule has 0 fully saturated rings. The Morgan fingerprint density at radius 1 is 1.82 bits per heavy atom. The molecule has 0 bridgehead atoms. The second kappa shape index (κ2) is 2.51. The summed E-state index contributed by atoms with van der Waals surface area (Å²) in [5, 5.41) is 16.8. The first-order chi connectivity index (χ1) is 5.04. The second-order valence-electron chi connectivity index (χ2n) is 2.89. The van der Waals surface area contributed by atoms with Crippen molar-refractivity contribution in [3.63, 3.8) is 0 Å². The van der Waals surface area contributed by atoms with Crippen molar-refractivity contribution in [2.75, 3.05) is 0 Å². The highest BCUT2D eigenvalue weighted by Gasteiger charge is 2.28. The largest absolute Gasteiger partial charge is 0.385 e. The third-order valence-electron chi connectivity index (χ3n) is 1.77. The van der Waals surface area contributed by atoms with Crippen LogP contribution in [-0.4, -0.2) is 16.5 Å². The van der Waals surface area contributed by atoms with E-state index in [4.69, 9.17) is 11.1 Å². The zero-order valence-electron chi connectivity index (χ0n) is 6.46. The van der Waals surface area contributed by atoms with E-state index >= 15 is 0 Å². The van der Waals surface area contributed by atoms with E-state index in [0.717, 1.165) is 5.57 Å². The van der Waals surface area contributed by atoms with Gasteiger partial charge in [-0.25, -0.2) is 0 Å². The zero-order valence-corrected chi connectivity index (χ0v) is 6.46. The van der Waals surface area contributed by atoms with Crippen LogP contribution in [0.25, 0.3) is 0 Å². The van der Waals surface area contributed by atoms with Gasteiger partial charge in [0.05, 0.1) is 0 Å². The van der Waals surface area contributed by atoms with Crippen LogP contribution in [0.2, 0.25) is 0 Å². The molecule has 0 heterocycles. The summed E-state index contributed by atoms with van der Waals surface area (Å²) in [5.74, 6) is -0.193. The van der Waals surface area contributed by atoms with Gasteiger partial charge in [-0.15, -0.1) is 0 Å². The van der Waals surface area contributed by atoms with Crippen LogP contribution in [0.15, 0.2) is 23.8 Å². The lowest BCUT2D eigenvalue weighted by Crippen LogP contribution is -2.42. The van der Waals surface area contributed by atoms with Crippen LogP contribution in [0.1, 0.15) is 13.3 Å². The van der Waals surface area contributed by atoms with Gasteiger partial charge in [-0.1, -0.05) is 17.7 Å². The number of aliphatic hydroxyl groups is 1. The van der Waals surface area contributed by atoms with Crippen LogP contribution in [0.4, 0.5) is 0 Å². The van der Waals surface area contributed by atoms with Crippen molar-refractivity contribution in [3.8, 4) is 0 Å². The maximum Gasteiger partial charge on any atom is 0.143 e. The summed E-state index contributed by atoms with van der Waals surface area (Å²) in [5.41, 5.74) is 5.01. The number of nitrogens with one attached hydrogen (secondary N) is 1. The van der Waals surface area contributed by atoms with Gasteiger partial charge in [-0.3, -0.25) is 5.41 Å². The lowest BCUT2D eigenvalue weighted by atomic mass is 9.90. The Morgan fingerprint density at radius 3 is 2.82 bits per heavy atom. The fourth-order valence-electron chi connectivity index (χ4n) is 1.10. The molecule has 0 aromatic heterocycles. The van der Waals surface area contributed by atoms with E-state index in [0.29, 0.717) is 6.42 Å². The third kappa shape index (κ3) is 1.49. The smallest absolute Gasteiger partial charge is 0.143 e. The summed E-state index contributed by atoms with van der Waals surface area (Å²) in [4.78, 5) is 0. The Bertz CT molecular complexity index is 242. The maximum atomic E-state index is 9.64. The normalized spacial score (nSPS) is 29.8. The fourth-order valence-corrected chi connectivity index (χ4v) is 1.10. The topological polar surface area (TPSA) is 70.1 Å². The summed E-state index contributed by atoms with van der Waals surface area (Å²) in [6, 6.07) is 0. The van der Waals surface area contributed by atoms with Crippen molar-refractivity contribution in [3.05, 3.63) is 23.8 Å². The summed E-state index contributed by atoms with van der Waals surface area (Å²) in [6.07, 6.45) is 5.60. The molecule has 0 saturated heterocycles. The monoisotopic (exact) mass is 152 g/mol. The standard InChI is InChI=1S/C8H12N2O/c1-6-3-2-4-8(11,5-6)7(9)10/h2-4,11H,5H2,1H3,(H3,9,10). The van der Waals surface area contributed by atoms with Crippen LogP contribution in [-0.2, 0) is 0 Å². The molecular formula is C8H12N2O. The molecule has 0 amide bonds. The number of allylic oxidation sites excluding steroid dienone is 2. The predicted molar refractivity (Wildman–Crippen MR) is 44.4 cm³/mol. The molecule has 3 nitrogen and oxygen atoms in total. The van der Waals surface area contributed by atoms with E-state index in [1.54, 1.807) is 12.2 Å². The minimum atomic E-state index is -1.24. The number of amidine groups is 1. The Kier molecular flexibility index (Phi) is 1.83. The van der Waals surface area contributed by atoms with Crippen LogP contribution in [0.5, 0.6) is 0 Å². The Hall–Kier alpha value is -1.09. The molecule has 1 atom stereocenters. The molecule has 0 spiro atoms. The number of nitrogens with two attached hydrogens (primary N) is 1. The first-order valence-electron chi connectivity index (χ1n) is 3.46. The summed E-state index contributed by atoms with van der Waals surface area (Å²) in [6.45, 7) is 1.90. The van der Waals surface area contributed by atoms with E-state index in [1.165, 1.54) is 0 Å². The molecule has 1 unspecified atom stereocenters. The molecule has 4 N–H and O–H groups in total. The average Bonchev–Trinajstić information content (AvgIpc) is 1.86. The minimum Gasteiger partial charge on any atom is -0.385 e. The van der Waals surface area contributed by atoms with Gasteiger partial charge in [-0.05, 0) is 13.0 Å². The van der Waals surface area contributed by atoms with Crippen molar-refractivity contribution < 1.29 is 5.11 Å². The maximum absolute atomic E-state index is 9.64. The molecule has 0 saturated carbocycles. The highest BCUT2D eigenvalue weighted by atomic mass is 16.3. The zero-order chi connectivity index (χ0) is 8.48. The molecular weight excluding hydrogens is 140 g/mol. The molecule has 0 aromatic carbocycles. The predicted octanol–water partition coefficient (Wildman–Crippen LogP) is 0.560. The summed E-state index contributed by atoms with van der Waals surface area (Å²) in [7, 11) is 0. The molecule has 1 rings (SSSR count). The molecule has 0 radical (unpaired) electrons. The van der Waals surface area contributed by atoms with E-state index in [2.05, 4.69) is 0 Å². The third-order valence-corrected chi connectivity index (χ3v) is 1.77. The van der Waals surface area contributed by atoms with E-state index in [-0.39, 0.29) is 5.84 Å². The van der Waals surface area contributed by atoms with Gasteiger partial charge in [0.2, 0.25) is 0 Å². The van der Waals surface area contributed by atoms with Crippen LogP contribution in [0.3, 0.4) is 0 Å². The SMILES string of the molecule is CC1=CC=CC(O)(C(=N)N)C1. The van der Waals surface area contributed by atoms with Crippen LogP contribution >= 0.6 is 0 Å². The number of hydrogen-bond acceptors (Lipinski definition) is 2. The van der Waals surface area contributed by atoms with Gasteiger partial charge in [0.25, 0.3) is 0 Å². The van der Waals surface area contributed by atoms with Gasteiger partial charge in [0.1, 0.15) is 11.4 Å². The van der Waals surface area contributed by atoms with Crippen molar-refractivity contribution in [2.24, 2.45) is 5.73 Å². The van der Waals surface area contributed by atoms with Crippen LogP contribution < -0.4 is 5.73 Å². The lowest BCUT2D eigenvalue weighted by molar-refractivity contribution is 0.159. The molecule has 0 aliphatic heterocycles. The highest BCUT2D eigenvalue weighted by molar-refractivity contribution is 5.88. The van der Waals surface area contributed by atoms with Gasteiger partial charge in [0, 0.05) is 6.42 Å². The van der Waals surface area contributed by atoms with E-state index in [1.807, 2.05) is 13.0 Å². The second-order valence-corrected chi connectivity index (χ2v) is 2.89. The Balaban J connectivity index is 2.86. The van der Waals surface area contributed by atoms with Crippen molar-refractivity contribution in [1.29, 1.82) is 5.41 Å². The Labute approximate surface area is 65.7 Å². The number of rotatable bonds is 1. The van der Waals surface area contributed by atoms with E-state index < -0.39 is 5.60 Å². The van der Waals surface area contributed by atoms with Gasteiger partial charge < -0.3 is 10.8 Å². The van der Waals surface area contributed by atoms with Crippen molar-refractivity contribution >= 4 is 5.84 Å². The molecule has 60 valence electrons. The van der Waals surface area contributed by atoms with Gasteiger partial charge in [0.15, 0.2) is 0 Å². The first kappa shape index (κ1) is 8.01. The molecule has 3 heteroatoms. The minimum absolute atomic E-state index is 0.193. The van der Waals surface area contributed by atoms with Crippen molar-refractivity contribution in [2.45, 2.75) is 18.9 Å². The molecule has 1 aliphatic rings. The summed E-state index contributed by atoms with van der Waals surface area (Å²) < 4.78 is 0. The fraction of sp³-hybridized carbons (Fsp3) is 0.375. The number of hydrogen-bond donors (Lipinski definition) is 3. The Morgan fingerprint density at radius 2 is 2.45 bits per heavy atom. The highest BCUT2D eigenvalue weighted by Crippen LogP contribution is 2.21. The van der Waals surface area contributed by atoms with Crippen LogP contribution in [0, 0.1) is 5.41 Å². The molecule has 11 heavy (non-hydrogen) atoms. The quantitative estimate of drug-likeness (QED) is 0.379. The molecule has 0 aromatic rings. The summed E-state index contributed by atoms with van der Waals surface area (Å²) >= 11 is 0. The van der Waals surface area contributed by atoms with E-state index in [9.17, 15) is 5.11 Å². The van der Waals surface area contributed by atoms with Crippen molar-refractivity contribution in [1.82, 2.24) is 0 Å².